The molecule has 0 aliphatic rings. The molecule has 3 aromatic carbocycles. The Morgan fingerprint density at radius 1 is 0.871 bits per heavy atom. The van der Waals surface area contributed by atoms with Crippen LogP contribution in [0, 0.1) is 5.82 Å². The maximum Gasteiger partial charge on any atom is 0.233 e. The van der Waals surface area contributed by atoms with Crippen LogP contribution in [0.25, 0.3) is 22.0 Å². The lowest BCUT2D eigenvalue weighted by Crippen LogP contribution is -2.33. The fourth-order valence-electron chi connectivity index (χ4n) is 3.36. The van der Waals surface area contributed by atoms with Crippen LogP contribution in [0.2, 0.25) is 0 Å². The lowest BCUT2D eigenvalue weighted by molar-refractivity contribution is -0.120. The predicted molar refractivity (Wildman–Crippen MR) is 123 cm³/mol. The first-order valence-electron chi connectivity index (χ1n) is 10.1. The third-order valence-electron chi connectivity index (χ3n) is 5.09. The molecule has 1 aromatic heterocycles. The summed E-state index contributed by atoms with van der Waals surface area (Å²) in [4.78, 5) is 12.8. The highest BCUT2D eigenvalue weighted by atomic mass is 32.2. The third-order valence-corrected chi connectivity index (χ3v) is 6.18. The molecule has 2 atom stereocenters. The van der Waals surface area contributed by atoms with Gasteiger partial charge in [-0.25, -0.2) is 4.39 Å². The highest BCUT2D eigenvalue weighted by Crippen LogP contribution is 2.33. The smallest absolute Gasteiger partial charge is 0.233 e. The zero-order chi connectivity index (χ0) is 21.8. The predicted octanol–water partition coefficient (Wildman–Crippen LogP) is 5.79. The summed E-state index contributed by atoms with van der Waals surface area (Å²) in [6, 6.07) is 23.8. The largest absolute Gasteiger partial charge is 0.349 e. The molecular weight excluding hydrogens is 409 g/mol. The van der Waals surface area contributed by atoms with Gasteiger partial charge in [0.15, 0.2) is 0 Å². The molecule has 1 heterocycles. The number of carbonyl (C=O) groups is 1. The second kappa shape index (κ2) is 9.27. The van der Waals surface area contributed by atoms with Crippen molar-refractivity contribution in [3.05, 3.63) is 90.2 Å². The maximum atomic E-state index is 13.1. The number of carbonyl (C=O) groups excluding carboxylic acids is 1. The quantitative estimate of drug-likeness (QED) is 0.392. The van der Waals surface area contributed by atoms with E-state index in [9.17, 15) is 9.18 Å². The molecule has 0 aliphatic heterocycles. The molecular formula is C25H22FN3OS. The average molecular weight is 432 g/mol. The molecule has 0 aliphatic carbocycles. The maximum absolute atomic E-state index is 13.1. The number of nitrogens with zero attached hydrogens (tertiary/aromatic N) is 2. The summed E-state index contributed by atoms with van der Waals surface area (Å²) in [6.45, 7) is 3.73. The first-order valence-corrected chi connectivity index (χ1v) is 10.9. The number of hydrogen-bond acceptors (Lipinski definition) is 4. The third kappa shape index (κ3) is 4.75. The van der Waals surface area contributed by atoms with Crippen LogP contribution in [0.3, 0.4) is 0 Å². The van der Waals surface area contributed by atoms with Gasteiger partial charge in [0.1, 0.15) is 16.5 Å². The fourth-order valence-corrected chi connectivity index (χ4v) is 4.26. The molecule has 0 radical (unpaired) electrons. The number of halogens is 1. The average Bonchev–Trinajstić information content (AvgIpc) is 2.80. The number of benzene rings is 3. The van der Waals surface area contributed by atoms with Gasteiger partial charge in [0, 0.05) is 16.3 Å². The summed E-state index contributed by atoms with van der Waals surface area (Å²) < 4.78 is 13.1. The summed E-state index contributed by atoms with van der Waals surface area (Å²) in [7, 11) is 0. The van der Waals surface area contributed by atoms with Gasteiger partial charge < -0.3 is 5.32 Å². The van der Waals surface area contributed by atoms with E-state index in [1.807, 2.05) is 68.4 Å². The first kappa shape index (κ1) is 21.0. The molecule has 4 nitrogen and oxygen atoms in total. The molecule has 0 saturated heterocycles. The zero-order valence-corrected chi connectivity index (χ0v) is 18.1. The zero-order valence-electron chi connectivity index (χ0n) is 17.2. The number of aromatic nitrogens is 2. The van der Waals surface area contributed by atoms with Gasteiger partial charge >= 0.3 is 0 Å². The van der Waals surface area contributed by atoms with Crippen LogP contribution in [0.4, 0.5) is 4.39 Å². The first-order chi connectivity index (χ1) is 15.0. The summed E-state index contributed by atoms with van der Waals surface area (Å²) >= 11 is 1.38. The number of thioether (sulfide) groups is 1. The van der Waals surface area contributed by atoms with E-state index in [1.165, 1.54) is 23.9 Å². The van der Waals surface area contributed by atoms with E-state index in [-0.39, 0.29) is 23.0 Å². The summed E-state index contributed by atoms with van der Waals surface area (Å²) in [5.74, 6) is -0.407. The van der Waals surface area contributed by atoms with Crippen molar-refractivity contribution < 1.29 is 9.18 Å². The summed E-state index contributed by atoms with van der Waals surface area (Å²) in [5.41, 5.74) is 2.67. The van der Waals surface area contributed by atoms with E-state index < -0.39 is 0 Å². The molecule has 31 heavy (non-hydrogen) atoms. The van der Waals surface area contributed by atoms with Gasteiger partial charge in [-0.3, -0.25) is 4.79 Å². The van der Waals surface area contributed by atoms with Crippen LogP contribution in [0.15, 0.2) is 83.9 Å². The topological polar surface area (TPSA) is 54.9 Å². The lowest BCUT2D eigenvalue weighted by atomic mass is 10.1. The van der Waals surface area contributed by atoms with Crippen LogP contribution >= 0.6 is 11.8 Å². The Kier molecular flexibility index (Phi) is 6.28. The van der Waals surface area contributed by atoms with Crippen molar-refractivity contribution in [2.24, 2.45) is 0 Å². The van der Waals surface area contributed by atoms with Crippen LogP contribution in [-0.4, -0.2) is 21.4 Å². The molecule has 0 unspecified atom stereocenters. The van der Waals surface area contributed by atoms with Gasteiger partial charge in [-0.05, 0) is 31.5 Å². The van der Waals surface area contributed by atoms with Crippen molar-refractivity contribution in [1.82, 2.24) is 15.5 Å². The molecule has 156 valence electrons. The van der Waals surface area contributed by atoms with Crippen LogP contribution in [0.5, 0.6) is 0 Å². The SMILES string of the molecule is C[C@H](NC(=O)[C@@H](C)Sc1nnc(-c2ccccc2)c2ccccc12)c1ccc(F)cc1. The van der Waals surface area contributed by atoms with Crippen LogP contribution in [0.1, 0.15) is 25.5 Å². The lowest BCUT2D eigenvalue weighted by Gasteiger charge is -2.18. The van der Waals surface area contributed by atoms with E-state index in [4.69, 9.17) is 0 Å². The molecule has 0 spiro atoms. The molecule has 0 bridgehead atoms. The van der Waals surface area contributed by atoms with Crippen molar-refractivity contribution in [3.8, 4) is 11.3 Å². The Balaban J connectivity index is 1.54. The Bertz CT molecular complexity index is 1200. The van der Waals surface area contributed by atoms with Gasteiger partial charge in [0.25, 0.3) is 0 Å². The second-order valence-electron chi connectivity index (χ2n) is 7.31. The molecule has 1 amide bonds. The molecule has 0 saturated carbocycles. The number of amides is 1. The molecule has 1 N–H and O–H groups in total. The van der Waals surface area contributed by atoms with Gasteiger partial charge in [0.2, 0.25) is 5.91 Å². The van der Waals surface area contributed by atoms with Gasteiger partial charge in [-0.1, -0.05) is 78.5 Å². The van der Waals surface area contributed by atoms with Crippen molar-refractivity contribution >= 4 is 28.4 Å². The van der Waals surface area contributed by atoms with Gasteiger partial charge in [0.05, 0.1) is 11.3 Å². The van der Waals surface area contributed by atoms with Crippen molar-refractivity contribution in [1.29, 1.82) is 0 Å². The van der Waals surface area contributed by atoms with Crippen molar-refractivity contribution in [2.75, 3.05) is 0 Å². The van der Waals surface area contributed by atoms with Crippen molar-refractivity contribution in [3.63, 3.8) is 0 Å². The minimum absolute atomic E-state index is 0.111. The second-order valence-corrected chi connectivity index (χ2v) is 8.64. The van der Waals surface area contributed by atoms with E-state index in [1.54, 1.807) is 12.1 Å². The molecule has 0 fully saturated rings. The van der Waals surface area contributed by atoms with Crippen LogP contribution in [-0.2, 0) is 4.79 Å². The number of rotatable bonds is 6. The minimum Gasteiger partial charge on any atom is -0.349 e. The Labute approximate surface area is 184 Å². The standard InChI is InChI=1S/C25H22FN3OS/c1-16(18-12-14-20(26)15-13-18)27-24(30)17(2)31-25-22-11-7-6-10-21(22)23(28-29-25)19-8-4-3-5-9-19/h3-17H,1-2H3,(H,27,30)/t16-,17+/m0/s1. The van der Waals surface area contributed by atoms with Crippen molar-refractivity contribution in [2.45, 2.75) is 30.2 Å². The highest BCUT2D eigenvalue weighted by Gasteiger charge is 2.20. The number of hydrogen-bond donors (Lipinski definition) is 1. The summed E-state index contributed by atoms with van der Waals surface area (Å²) in [5, 5.41) is 14.2. The van der Waals surface area contributed by atoms with E-state index in [2.05, 4.69) is 15.5 Å². The Hall–Kier alpha value is -3.25. The number of fused-ring (bicyclic) bond motifs is 1. The normalized spacial score (nSPS) is 13.0. The van der Waals surface area contributed by atoms with Crippen LogP contribution < -0.4 is 5.32 Å². The molecule has 6 heteroatoms. The Morgan fingerprint density at radius 3 is 2.23 bits per heavy atom. The Morgan fingerprint density at radius 2 is 1.52 bits per heavy atom. The van der Waals surface area contributed by atoms with E-state index >= 15 is 0 Å². The minimum atomic E-state index is -0.372. The fraction of sp³-hybridized carbons (Fsp3) is 0.160. The molecule has 4 rings (SSSR count). The monoisotopic (exact) mass is 431 g/mol. The molecule has 4 aromatic rings. The van der Waals surface area contributed by atoms with E-state index in [0.29, 0.717) is 5.03 Å². The van der Waals surface area contributed by atoms with Gasteiger partial charge in [-0.2, -0.15) is 0 Å². The number of nitrogens with one attached hydrogen (secondary N) is 1. The summed E-state index contributed by atoms with van der Waals surface area (Å²) in [6.07, 6.45) is 0. The van der Waals surface area contributed by atoms with Gasteiger partial charge in [-0.15, -0.1) is 10.2 Å². The highest BCUT2D eigenvalue weighted by molar-refractivity contribution is 8.00. The van der Waals surface area contributed by atoms with E-state index in [0.717, 1.165) is 27.6 Å².